The molecule has 1 aromatic rings. The standard InChI is InChI=1S/C12H14N2O4/c1-18-11(16)5-10(15)12(17)7-3-2-4-9(14)8(7)6-13/h2-4,10,12,15,17H,5,14H2,1H3. The Labute approximate surface area is 104 Å². The molecule has 6 nitrogen and oxygen atoms in total. The first-order valence-electron chi connectivity index (χ1n) is 5.22. The topological polar surface area (TPSA) is 117 Å². The third-order valence-electron chi connectivity index (χ3n) is 2.53. The number of methoxy groups -OCH3 is 1. The zero-order valence-corrected chi connectivity index (χ0v) is 9.83. The maximum atomic E-state index is 11.0. The Balaban J connectivity index is 2.97. The number of hydrogen-bond donors (Lipinski definition) is 3. The summed E-state index contributed by atoms with van der Waals surface area (Å²) >= 11 is 0. The summed E-state index contributed by atoms with van der Waals surface area (Å²) in [4.78, 5) is 11.0. The number of carbonyl (C=O) groups is 1. The Kier molecular flexibility index (Phi) is 4.66. The van der Waals surface area contributed by atoms with Crippen molar-refractivity contribution in [3.63, 3.8) is 0 Å². The molecule has 2 unspecified atom stereocenters. The third-order valence-corrected chi connectivity index (χ3v) is 2.53. The quantitative estimate of drug-likeness (QED) is 0.515. The molecule has 96 valence electrons. The molecule has 0 saturated heterocycles. The molecule has 0 radical (unpaired) electrons. The minimum Gasteiger partial charge on any atom is -0.469 e. The number of nitrogens with two attached hydrogens (primary N) is 1. The van der Waals surface area contributed by atoms with Gasteiger partial charge in [-0.2, -0.15) is 5.26 Å². The highest BCUT2D eigenvalue weighted by atomic mass is 16.5. The molecule has 0 aliphatic carbocycles. The van der Waals surface area contributed by atoms with Gasteiger partial charge in [0.1, 0.15) is 12.2 Å². The monoisotopic (exact) mass is 250 g/mol. The van der Waals surface area contributed by atoms with Crippen LogP contribution in [0.3, 0.4) is 0 Å². The predicted octanol–water partition coefficient (Wildman–Crippen LogP) is 0.0979. The number of aliphatic hydroxyl groups excluding tert-OH is 2. The van der Waals surface area contributed by atoms with Crippen molar-refractivity contribution in [1.29, 1.82) is 5.26 Å². The molecule has 0 saturated carbocycles. The van der Waals surface area contributed by atoms with Gasteiger partial charge in [0.25, 0.3) is 0 Å². The van der Waals surface area contributed by atoms with Crippen molar-refractivity contribution in [3.8, 4) is 6.07 Å². The van der Waals surface area contributed by atoms with E-state index >= 15 is 0 Å². The van der Waals surface area contributed by atoms with E-state index in [9.17, 15) is 15.0 Å². The molecule has 0 heterocycles. The number of ether oxygens (including phenoxy) is 1. The smallest absolute Gasteiger partial charge is 0.308 e. The van der Waals surface area contributed by atoms with Gasteiger partial charge in [-0.25, -0.2) is 0 Å². The molecule has 0 fully saturated rings. The fourth-order valence-electron chi connectivity index (χ4n) is 1.54. The largest absolute Gasteiger partial charge is 0.469 e. The lowest BCUT2D eigenvalue weighted by molar-refractivity contribution is -0.144. The summed E-state index contributed by atoms with van der Waals surface area (Å²) in [5, 5.41) is 28.5. The molecule has 0 bridgehead atoms. The lowest BCUT2D eigenvalue weighted by Crippen LogP contribution is -2.23. The molecular weight excluding hydrogens is 236 g/mol. The van der Waals surface area contributed by atoms with Crippen molar-refractivity contribution >= 4 is 11.7 Å². The minimum absolute atomic E-state index is 0.0916. The summed E-state index contributed by atoms with van der Waals surface area (Å²) in [5.74, 6) is -0.649. The summed E-state index contributed by atoms with van der Waals surface area (Å²) < 4.78 is 4.39. The number of nitriles is 1. The first-order valence-corrected chi connectivity index (χ1v) is 5.22. The molecule has 2 atom stereocenters. The number of aliphatic hydroxyl groups is 2. The van der Waals surface area contributed by atoms with Gasteiger partial charge < -0.3 is 20.7 Å². The second-order valence-corrected chi connectivity index (χ2v) is 3.72. The van der Waals surface area contributed by atoms with Gasteiger partial charge in [-0.05, 0) is 6.07 Å². The number of nitrogen functional groups attached to an aromatic ring is 1. The normalized spacial score (nSPS) is 13.4. The average molecular weight is 250 g/mol. The van der Waals surface area contributed by atoms with E-state index in [1.165, 1.54) is 19.2 Å². The second-order valence-electron chi connectivity index (χ2n) is 3.72. The van der Waals surface area contributed by atoms with Crippen LogP contribution in [0.1, 0.15) is 23.7 Å². The Morgan fingerprint density at radius 2 is 2.22 bits per heavy atom. The fraction of sp³-hybridized carbons (Fsp3) is 0.333. The van der Waals surface area contributed by atoms with Crippen molar-refractivity contribution in [2.45, 2.75) is 18.6 Å². The number of benzene rings is 1. The van der Waals surface area contributed by atoms with Crippen LogP contribution < -0.4 is 5.73 Å². The summed E-state index contributed by atoms with van der Waals surface area (Å²) in [7, 11) is 1.18. The van der Waals surface area contributed by atoms with Crippen molar-refractivity contribution in [2.75, 3.05) is 12.8 Å². The van der Waals surface area contributed by atoms with Gasteiger partial charge in [-0.15, -0.1) is 0 Å². The van der Waals surface area contributed by atoms with Crippen molar-refractivity contribution in [2.24, 2.45) is 0 Å². The average Bonchev–Trinajstić information content (AvgIpc) is 2.37. The van der Waals surface area contributed by atoms with E-state index < -0.39 is 18.2 Å². The molecule has 0 spiro atoms. The van der Waals surface area contributed by atoms with Crippen LogP contribution in [0, 0.1) is 11.3 Å². The lowest BCUT2D eigenvalue weighted by atomic mass is 9.96. The number of hydrogen-bond acceptors (Lipinski definition) is 6. The molecule has 0 aliphatic heterocycles. The van der Waals surface area contributed by atoms with E-state index in [0.717, 1.165) is 0 Å². The van der Waals surface area contributed by atoms with Gasteiger partial charge in [0.15, 0.2) is 0 Å². The number of rotatable bonds is 4. The highest BCUT2D eigenvalue weighted by molar-refractivity contribution is 5.70. The first kappa shape index (κ1) is 14.0. The summed E-state index contributed by atoms with van der Waals surface area (Å²) in [6, 6.07) is 6.40. The van der Waals surface area contributed by atoms with Crippen molar-refractivity contribution in [3.05, 3.63) is 29.3 Å². The van der Waals surface area contributed by atoms with Crippen LogP contribution in [0.15, 0.2) is 18.2 Å². The number of anilines is 1. The Bertz CT molecular complexity index is 481. The first-order chi connectivity index (χ1) is 8.51. The molecular formula is C12H14N2O4. The Morgan fingerprint density at radius 1 is 1.56 bits per heavy atom. The van der Waals surface area contributed by atoms with Crippen molar-refractivity contribution < 1.29 is 19.7 Å². The maximum Gasteiger partial charge on any atom is 0.308 e. The molecule has 4 N–H and O–H groups in total. The molecule has 0 amide bonds. The summed E-state index contributed by atoms with van der Waals surface area (Å²) in [6.07, 6.45) is -3.09. The Hall–Kier alpha value is -2.10. The third kappa shape index (κ3) is 2.97. The molecule has 6 heteroatoms. The fourth-order valence-corrected chi connectivity index (χ4v) is 1.54. The summed E-state index contributed by atoms with van der Waals surface area (Å²) in [5.41, 5.74) is 6.08. The zero-order valence-electron chi connectivity index (χ0n) is 9.83. The highest BCUT2D eigenvalue weighted by Gasteiger charge is 2.24. The maximum absolute atomic E-state index is 11.0. The van der Waals surface area contributed by atoms with Crippen LogP contribution in [0.25, 0.3) is 0 Å². The van der Waals surface area contributed by atoms with Gasteiger partial charge in [0.05, 0.1) is 25.2 Å². The second kappa shape index (κ2) is 6.00. The predicted molar refractivity (Wildman–Crippen MR) is 63.2 cm³/mol. The van der Waals surface area contributed by atoms with E-state index in [1.54, 1.807) is 6.07 Å². The van der Waals surface area contributed by atoms with Crippen LogP contribution in [-0.4, -0.2) is 29.4 Å². The van der Waals surface area contributed by atoms with Gasteiger partial charge >= 0.3 is 5.97 Å². The van der Waals surface area contributed by atoms with Crippen LogP contribution >= 0.6 is 0 Å². The van der Waals surface area contributed by atoms with Gasteiger partial charge in [-0.3, -0.25) is 4.79 Å². The highest BCUT2D eigenvalue weighted by Crippen LogP contribution is 2.26. The SMILES string of the molecule is COC(=O)CC(O)C(O)c1cccc(N)c1C#N. The molecule has 18 heavy (non-hydrogen) atoms. The molecule has 1 aromatic carbocycles. The van der Waals surface area contributed by atoms with Crippen LogP contribution in [-0.2, 0) is 9.53 Å². The van der Waals surface area contributed by atoms with E-state index in [0.29, 0.717) is 0 Å². The van der Waals surface area contributed by atoms with E-state index in [2.05, 4.69) is 4.74 Å². The van der Waals surface area contributed by atoms with Crippen LogP contribution in [0.2, 0.25) is 0 Å². The van der Waals surface area contributed by atoms with Crippen LogP contribution in [0.4, 0.5) is 5.69 Å². The van der Waals surface area contributed by atoms with Gasteiger partial charge in [-0.1, -0.05) is 12.1 Å². The molecule has 1 rings (SSSR count). The number of nitrogens with zero attached hydrogens (tertiary/aromatic N) is 1. The lowest BCUT2D eigenvalue weighted by Gasteiger charge is -2.18. The van der Waals surface area contributed by atoms with E-state index in [-0.39, 0.29) is 23.2 Å². The minimum atomic E-state index is -1.37. The summed E-state index contributed by atoms with van der Waals surface area (Å²) in [6.45, 7) is 0. The molecule has 0 aromatic heterocycles. The van der Waals surface area contributed by atoms with Gasteiger partial charge in [0, 0.05) is 11.3 Å². The zero-order chi connectivity index (χ0) is 13.7. The van der Waals surface area contributed by atoms with Gasteiger partial charge in [0.2, 0.25) is 0 Å². The molecule has 0 aliphatic rings. The van der Waals surface area contributed by atoms with Crippen LogP contribution in [0.5, 0.6) is 0 Å². The number of carbonyl (C=O) groups excluding carboxylic acids is 1. The Morgan fingerprint density at radius 3 is 2.78 bits per heavy atom. The van der Waals surface area contributed by atoms with E-state index in [1.807, 2.05) is 6.07 Å². The van der Waals surface area contributed by atoms with E-state index in [4.69, 9.17) is 11.0 Å². The number of esters is 1. The van der Waals surface area contributed by atoms with Crippen molar-refractivity contribution in [1.82, 2.24) is 0 Å².